The summed E-state index contributed by atoms with van der Waals surface area (Å²) in [6.07, 6.45) is -6.15. The van der Waals surface area contributed by atoms with E-state index in [1.54, 1.807) is 0 Å². The second-order valence-corrected chi connectivity index (χ2v) is 16.8. The number of nitrogens with zero attached hydrogens (tertiary/aromatic N) is 2. The van der Waals surface area contributed by atoms with Gasteiger partial charge in [-0.25, -0.2) is 4.79 Å². The summed E-state index contributed by atoms with van der Waals surface area (Å²) < 4.78 is 0. The summed E-state index contributed by atoms with van der Waals surface area (Å²) in [6.45, 7) is -0.209. The zero-order chi connectivity index (χ0) is 53.9. The Bertz CT molecular complexity index is 2060. The molecule has 2 aliphatic heterocycles. The van der Waals surface area contributed by atoms with E-state index in [4.69, 9.17) is 22.9 Å². The van der Waals surface area contributed by atoms with Crippen LogP contribution in [0.5, 0.6) is 0 Å². The summed E-state index contributed by atoms with van der Waals surface area (Å²) in [5.74, 6) is -16.7. The Morgan fingerprint density at radius 1 is 0.549 bits per heavy atom. The third-order valence-corrected chi connectivity index (χ3v) is 11.2. The molecule has 0 unspecified atom stereocenters. The van der Waals surface area contributed by atoms with Crippen molar-refractivity contribution in [3.8, 4) is 0 Å². The number of carboxylic acid groups (broad SMARTS) is 3. The maximum Gasteiger partial charge on any atom is 0.328 e. The number of aliphatic hydroxyl groups excluding tert-OH is 2. The zero-order valence-electron chi connectivity index (χ0n) is 38.5. The monoisotopic (exact) mass is 1010 g/mol. The Labute approximate surface area is 403 Å². The molecule has 31 nitrogen and oxygen atoms in total. The molecule has 0 aromatic heterocycles. The van der Waals surface area contributed by atoms with Gasteiger partial charge < -0.3 is 90.2 Å². The van der Waals surface area contributed by atoms with E-state index in [0.717, 1.165) is 16.7 Å². The molecule has 0 saturated carbocycles. The van der Waals surface area contributed by atoms with Crippen molar-refractivity contribution in [1.29, 1.82) is 0 Å². The van der Waals surface area contributed by atoms with Gasteiger partial charge in [-0.3, -0.25) is 62.3 Å². The van der Waals surface area contributed by atoms with Crippen LogP contribution in [0.25, 0.3) is 0 Å². The molecule has 0 aromatic rings. The number of carboxylic acids is 3. The van der Waals surface area contributed by atoms with Crippen LogP contribution >= 0.6 is 0 Å². The Morgan fingerprint density at radius 3 is 1.52 bits per heavy atom. The van der Waals surface area contributed by atoms with Crippen LogP contribution in [0.3, 0.4) is 0 Å². The van der Waals surface area contributed by atoms with E-state index in [0.29, 0.717) is 6.42 Å². The highest BCUT2D eigenvalue weighted by atomic mass is 16.4. The van der Waals surface area contributed by atoms with Crippen molar-refractivity contribution in [3.63, 3.8) is 0 Å². The van der Waals surface area contributed by atoms with Gasteiger partial charge in [0.1, 0.15) is 42.3 Å². The Kier molecular flexibility index (Phi) is 23.7. The lowest BCUT2D eigenvalue weighted by molar-refractivity contribution is -0.150. The highest BCUT2D eigenvalue weighted by Crippen LogP contribution is 2.26. The number of nitrogens with two attached hydrogens (primary N) is 4. The van der Waals surface area contributed by atoms with Crippen LogP contribution in [-0.4, -0.2) is 198 Å². The second-order valence-electron chi connectivity index (χ2n) is 16.8. The van der Waals surface area contributed by atoms with Gasteiger partial charge in [-0.05, 0) is 51.9 Å². The van der Waals surface area contributed by atoms with Gasteiger partial charge in [0.25, 0.3) is 0 Å². The van der Waals surface area contributed by atoms with Gasteiger partial charge in [0.05, 0.1) is 31.6 Å². The van der Waals surface area contributed by atoms with Gasteiger partial charge in [0.2, 0.25) is 65.0 Å². The molecule has 19 N–H and O–H groups in total. The SMILES string of the molecule is C[C@@H](O)[C@H](NC(=O)[C@@H]1CCCN1C(=O)[C@@H]1CCCN1C(=O)[C@H](CC(=O)O)NC(=O)[C@H](CCC(=O)O)NC(=O)[C@H](CC(N)=O)NC(=O)[C@H](CO)NC(=O)[C@H](CCC(N)=O)NC(=O)[C@@H](N)CCC(N)=O)C(=O)O. The fourth-order valence-corrected chi connectivity index (χ4v) is 7.49. The predicted molar refractivity (Wildman–Crippen MR) is 235 cm³/mol. The van der Waals surface area contributed by atoms with Crippen LogP contribution in [0.4, 0.5) is 0 Å². The van der Waals surface area contributed by atoms with E-state index >= 15 is 0 Å². The molecule has 2 rings (SSSR count). The molecule has 2 aliphatic rings. The standard InChI is InChI=1S/C40H62N12O19/c1-17(54)31(40(70)71)50-37(67)24-4-2-12-51(24)39(69)25-5-3-13-52(25)38(68)22(15-30(60)61)48-33(63)20(8-11-29(58)59)46-35(65)21(14-28(44)57)47-36(66)23(16-53)49-34(64)19(7-10-27(43)56)45-32(62)18(41)6-9-26(42)55/h17-25,31,53-54H,2-16,41H2,1H3,(H2,42,55)(H2,43,56)(H2,44,57)(H,45,62)(H,46,65)(H,47,66)(H,48,63)(H,49,64)(H,50,67)(H,58,59)(H,60,61)(H,70,71)/t17-,18+,19+,20+,21+,22+,23+,24+,25+,31+/m1/s1. The minimum absolute atomic E-state index is 0.00448. The second kappa shape index (κ2) is 28.2. The molecule has 0 spiro atoms. The highest BCUT2D eigenvalue weighted by molar-refractivity contribution is 6.00. The molecule has 0 radical (unpaired) electrons. The summed E-state index contributed by atoms with van der Waals surface area (Å²) in [4.78, 5) is 180. The molecule has 2 saturated heterocycles. The maximum absolute atomic E-state index is 14.0. The number of aliphatic hydroxyl groups is 2. The minimum Gasteiger partial charge on any atom is -0.481 e. The number of carbonyl (C=O) groups excluding carboxylic acids is 11. The van der Waals surface area contributed by atoms with Crippen LogP contribution in [0.2, 0.25) is 0 Å². The van der Waals surface area contributed by atoms with Crippen molar-refractivity contribution in [2.24, 2.45) is 22.9 Å². The minimum atomic E-state index is -2.04. The number of carbonyl (C=O) groups is 14. The molecule has 396 valence electrons. The number of amides is 11. The summed E-state index contributed by atoms with van der Waals surface area (Å²) in [5, 5.41) is 61.2. The maximum atomic E-state index is 14.0. The van der Waals surface area contributed by atoms with Crippen molar-refractivity contribution < 1.29 is 92.7 Å². The lowest BCUT2D eigenvalue weighted by Gasteiger charge is -2.33. The van der Waals surface area contributed by atoms with E-state index in [1.165, 1.54) is 0 Å². The number of likely N-dealkylation sites (tertiary alicyclic amines) is 2. The number of aliphatic carboxylic acids is 3. The van der Waals surface area contributed by atoms with Crippen LogP contribution in [0, 0.1) is 0 Å². The van der Waals surface area contributed by atoms with Crippen molar-refractivity contribution >= 4 is 82.9 Å². The number of nitrogens with one attached hydrogen (secondary N) is 6. The van der Waals surface area contributed by atoms with Crippen molar-refractivity contribution in [3.05, 3.63) is 0 Å². The van der Waals surface area contributed by atoms with E-state index in [1.807, 2.05) is 5.32 Å². The topological polar surface area (TPSA) is 523 Å². The van der Waals surface area contributed by atoms with E-state index < -0.39 is 188 Å². The number of hydrogen-bond acceptors (Lipinski definition) is 17. The first-order valence-electron chi connectivity index (χ1n) is 22.2. The Hall–Kier alpha value is -7.54. The van der Waals surface area contributed by atoms with Crippen LogP contribution in [-0.2, 0) is 67.1 Å². The molecule has 0 bridgehead atoms. The molecule has 0 aromatic carbocycles. The summed E-state index contributed by atoms with van der Waals surface area (Å²) in [7, 11) is 0. The zero-order valence-corrected chi connectivity index (χ0v) is 38.5. The molecular weight excluding hydrogens is 953 g/mol. The average molecular weight is 1020 g/mol. The number of primary amides is 3. The molecule has 11 amide bonds. The molecule has 31 heteroatoms. The average Bonchev–Trinajstić information content (AvgIpc) is 3.98. The van der Waals surface area contributed by atoms with Crippen LogP contribution in [0.15, 0.2) is 0 Å². The van der Waals surface area contributed by atoms with Crippen LogP contribution in [0.1, 0.15) is 84.0 Å². The van der Waals surface area contributed by atoms with Gasteiger partial charge >= 0.3 is 17.9 Å². The van der Waals surface area contributed by atoms with Crippen molar-refractivity contribution in [2.45, 2.75) is 144 Å². The van der Waals surface area contributed by atoms with E-state index in [2.05, 4.69) is 26.6 Å². The van der Waals surface area contributed by atoms with E-state index in [9.17, 15) is 92.7 Å². The Balaban J connectivity index is 2.33. The predicted octanol–water partition coefficient (Wildman–Crippen LogP) is -8.59. The van der Waals surface area contributed by atoms with Gasteiger partial charge in [0, 0.05) is 32.4 Å². The quantitative estimate of drug-likeness (QED) is 0.0318. The first kappa shape index (κ1) is 59.6. The fourth-order valence-electron chi connectivity index (χ4n) is 7.49. The Morgan fingerprint density at radius 2 is 1.01 bits per heavy atom. The van der Waals surface area contributed by atoms with Gasteiger partial charge in [-0.1, -0.05) is 0 Å². The third-order valence-electron chi connectivity index (χ3n) is 11.2. The number of hydrogen-bond donors (Lipinski definition) is 15. The lowest BCUT2D eigenvalue weighted by atomic mass is 10.1. The normalized spacial score (nSPS) is 18.6. The smallest absolute Gasteiger partial charge is 0.328 e. The summed E-state index contributed by atoms with van der Waals surface area (Å²) in [6, 6.07) is -15.2. The summed E-state index contributed by atoms with van der Waals surface area (Å²) >= 11 is 0. The molecule has 10 atom stereocenters. The van der Waals surface area contributed by atoms with Gasteiger partial charge in [-0.15, -0.1) is 0 Å². The van der Waals surface area contributed by atoms with E-state index in [-0.39, 0.29) is 45.2 Å². The highest BCUT2D eigenvalue weighted by Gasteiger charge is 2.45. The first-order chi connectivity index (χ1) is 33.2. The van der Waals surface area contributed by atoms with Gasteiger partial charge in [-0.2, -0.15) is 0 Å². The van der Waals surface area contributed by atoms with Crippen LogP contribution < -0.4 is 54.8 Å². The molecule has 71 heavy (non-hydrogen) atoms. The molecule has 2 fully saturated rings. The summed E-state index contributed by atoms with van der Waals surface area (Å²) in [5.41, 5.74) is 21.3. The first-order valence-corrected chi connectivity index (χ1v) is 22.2. The fraction of sp³-hybridized carbons (Fsp3) is 0.650. The third kappa shape index (κ3) is 19.1. The molecule has 2 heterocycles. The molecular formula is C40H62N12O19. The van der Waals surface area contributed by atoms with Gasteiger partial charge in [0.15, 0.2) is 6.04 Å². The number of rotatable bonds is 30. The van der Waals surface area contributed by atoms with Crippen molar-refractivity contribution in [2.75, 3.05) is 19.7 Å². The lowest BCUT2D eigenvalue weighted by Crippen LogP contribution is -2.61. The largest absolute Gasteiger partial charge is 0.481 e. The van der Waals surface area contributed by atoms with Crippen molar-refractivity contribution in [1.82, 2.24) is 41.7 Å². The molecule has 0 aliphatic carbocycles.